The third-order valence-corrected chi connectivity index (χ3v) is 5.89. The first-order chi connectivity index (χ1) is 9.38. The van der Waals surface area contributed by atoms with Gasteiger partial charge in [-0.25, -0.2) is 13.1 Å². The quantitative estimate of drug-likeness (QED) is 0.866. The summed E-state index contributed by atoms with van der Waals surface area (Å²) < 4.78 is 27.3. The minimum absolute atomic E-state index is 0.194. The highest BCUT2D eigenvalue weighted by atomic mass is 35.5. The van der Waals surface area contributed by atoms with Crippen LogP contribution in [0.5, 0.6) is 0 Å². The topological polar surface area (TPSA) is 46.2 Å². The number of aryl methyl sites for hydroxylation is 2. The summed E-state index contributed by atoms with van der Waals surface area (Å²) >= 11 is 6.14. The zero-order valence-electron chi connectivity index (χ0n) is 12.0. The summed E-state index contributed by atoms with van der Waals surface area (Å²) in [7, 11) is -3.41. The highest BCUT2D eigenvalue weighted by molar-refractivity contribution is 7.89. The lowest BCUT2D eigenvalue weighted by molar-refractivity contribution is 0.361. The van der Waals surface area contributed by atoms with Crippen molar-refractivity contribution in [1.82, 2.24) is 4.72 Å². The molecule has 5 heteroatoms. The first kappa shape index (κ1) is 15.8. The summed E-state index contributed by atoms with van der Waals surface area (Å²) in [6.07, 6.45) is 4.09. The monoisotopic (exact) mass is 315 g/mol. The van der Waals surface area contributed by atoms with E-state index in [0.29, 0.717) is 17.4 Å². The van der Waals surface area contributed by atoms with Crippen LogP contribution < -0.4 is 4.72 Å². The van der Waals surface area contributed by atoms with E-state index >= 15 is 0 Å². The van der Waals surface area contributed by atoms with Gasteiger partial charge in [-0.05, 0) is 62.3 Å². The molecule has 1 fully saturated rings. The summed E-state index contributed by atoms with van der Waals surface area (Å²) in [5, 5.41) is 0.194. The minimum Gasteiger partial charge on any atom is -0.211 e. The summed E-state index contributed by atoms with van der Waals surface area (Å²) in [5.41, 5.74) is 2.09. The molecule has 1 aliphatic rings. The number of nitrogens with one attached hydrogen (secondary N) is 1. The summed E-state index contributed by atoms with van der Waals surface area (Å²) in [4.78, 5) is 0.346. The van der Waals surface area contributed by atoms with Gasteiger partial charge in [0, 0.05) is 11.9 Å². The molecule has 2 atom stereocenters. The third-order valence-electron chi connectivity index (χ3n) is 4.07. The number of sulfonamides is 1. The van der Waals surface area contributed by atoms with E-state index in [1.807, 2.05) is 19.9 Å². The van der Waals surface area contributed by atoms with Crippen molar-refractivity contribution in [3.8, 4) is 0 Å². The fourth-order valence-electron chi connectivity index (χ4n) is 2.60. The van der Waals surface area contributed by atoms with Crippen LogP contribution in [0.3, 0.4) is 0 Å². The first-order valence-electron chi connectivity index (χ1n) is 7.09. The normalized spacial score (nSPS) is 23.8. The van der Waals surface area contributed by atoms with Gasteiger partial charge in [0.2, 0.25) is 10.0 Å². The van der Waals surface area contributed by atoms with E-state index in [9.17, 15) is 8.42 Å². The Bertz CT molecular complexity index is 571. The van der Waals surface area contributed by atoms with Crippen LogP contribution >= 0.6 is 11.6 Å². The van der Waals surface area contributed by atoms with Crippen molar-refractivity contribution in [2.75, 3.05) is 6.54 Å². The van der Waals surface area contributed by atoms with Crippen molar-refractivity contribution < 1.29 is 8.42 Å². The van der Waals surface area contributed by atoms with E-state index in [1.165, 1.54) is 0 Å². The summed E-state index contributed by atoms with van der Waals surface area (Å²) in [6, 6.07) is 5.23. The molecule has 0 aliphatic heterocycles. The van der Waals surface area contributed by atoms with Crippen LogP contribution in [0.1, 0.15) is 36.8 Å². The predicted octanol–water partition coefficient (Wildman–Crippen LogP) is 3.38. The van der Waals surface area contributed by atoms with Gasteiger partial charge < -0.3 is 0 Å². The van der Waals surface area contributed by atoms with Crippen LogP contribution in [0.15, 0.2) is 23.1 Å². The smallest absolute Gasteiger partial charge is 0.211 e. The Hall–Kier alpha value is -0.580. The Morgan fingerprint density at radius 1 is 1.25 bits per heavy atom. The number of rotatable bonds is 4. The Morgan fingerprint density at radius 3 is 2.65 bits per heavy atom. The molecule has 1 N–H and O–H groups in total. The molecule has 1 aromatic rings. The molecule has 0 bridgehead atoms. The molecule has 0 spiro atoms. The molecule has 20 heavy (non-hydrogen) atoms. The van der Waals surface area contributed by atoms with Crippen LogP contribution in [0.25, 0.3) is 0 Å². The second-order valence-electron chi connectivity index (χ2n) is 5.73. The van der Waals surface area contributed by atoms with Crippen LogP contribution in [0.2, 0.25) is 0 Å². The van der Waals surface area contributed by atoms with Gasteiger partial charge >= 0.3 is 0 Å². The Labute approximate surface area is 126 Å². The Morgan fingerprint density at radius 2 is 2.00 bits per heavy atom. The van der Waals surface area contributed by atoms with E-state index in [-0.39, 0.29) is 5.38 Å². The number of hydrogen-bond donors (Lipinski definition) is 1. The van der Waals surface area contributed by atoms with Gasteiger partial charge in [-0.2, -0.15) is 0 Å². The van der Waals surface area contributed by atoms with E-state index in [1.54, 1.807) is 12.1 Å². The van der Waals surface area contributed by atoms with Crippen molar-refractivity contribution in [3.63, 3.8) is 0 Å². The molecular weight excluding hydrogens is 294 g/mol. The fourth-order valence-corrected chi connectivity index (χ4v) is 4.21. The highest BCUT2D eigenvalue weighted by Crippen LogP contribution is 2.27. The van der Waals surface area contributed by atoms with Gasteiger partial charge in [0.1, 0.15) is 0 Å². The molecule has 0 aromatic heterocycles. The number of halogens is 1. The van der Waals surface area contributed by atoms with Gasteiger partial charge in [-0.1, -0.05) is 12.5 Å². The van der Waals surface area contributed by atoms with Crippen LogP contribution in [0.4, 0.5) is 0 Å². The van der Waals surface area contributed by atoms with E-state index < -0.39 is 10.0 Å². The molecule has 1 saturated carbocycles. The van der Waals surface area contributed by atoms with Gasteiger partial charge in [-0.15, -0.1) is 11.6 Å². The van der Waals surface area contributed by atoms with Crippen LogP contribution in [-0.2, 0) is 10.0 Å². The van der Waals surface area contributed by atoms with Crippen LogP contribution in [0, 0.1) is 19.8 Å². The summed E-state index contributed by atoms with van der Waals surface area (Å²) in [5.74, 6) is 0.354. The van der Waals surface area contributed by atoms with Crippen LogP contribution in [-0.4, -0.2) is 20.3 Å². The average Bonchev–Trinajstić information content (AvgIpc) is 2.40. The van der Waals surface area contributed by atoms with Gasteiger partial charge in [0.25, 0.3) is 0 Å². The van der Waals surface area contributed by atoms with E-state index in [2.05, 4.69) is 4.72 Å². The number of alkyl halides is 1. The molecule has 2 rings (SSSR count). The molecular formula is C15H22ClNO2S. The van der Waals surface area contributed by atoms with Gasteiger partial charge in [-0.3, -0.25) is 0 Å². The highest BCUT2D eigenvalue weighted by Gasteiger charge is 2.22. The maximum Gasteiger partial charge on any atom is 0.240 e. The largest absolute Gasteiger partial charge is 0.240 e. The van der Waals surface area contributed by atoms with E-state index in [0.717, 1.165) is 36.8 Å². The van der Waals surface area contributed by atoms with Crippen molar-refractivity contribution in [1.29, 1.82) is 0 Å². The molecule has 112 valence electrons. The number of hydrogen-bond acceptors (Lipinski definition) is 2. The van der Waals surface area contributed by atoms with Crippen molar-refractivity contribution >= 4 is 21.6 Å². The van der Waals surface area contributed by atoms with Crippen molar-refractivity contribution in [3.05, 3.63) is 29.3 Å². The minimum atomic E-state index is -3.41. The molecule has 0 amide bonds. The molecule has 3 nitrogen and oxygen atoms in total. The van der Waals surface area contributed by atoms with Crippen molar-refractivity contribution in [2.45, 2.75) is 49.8 Å². The average molecular weight is 316 g/mol. The van der Waals surface area contributed by atoms with Gasteiger partial charge in [0.15, 0.2) is 0 Å². The second kappa shape index (κ2) is 6.46. The molecule has 1 aromatic carbocycles. The fraction of sp³-hybridized carbons (Fsp3) is 0.600. The number of benzene rings is 1. The third kappa shape index (κ3) is 3.96. The molecule has 0 heterocycles. The predicted molar refractivity (Wildman–Crippen MR) is 82.7 cm³/mol. The second-order valence-corrected chi connectivity index (χ2v) is 8.11. The lowest BCUT2D eigenvalue weighted by atomic mass is 9.89. The maximum absolute atomic E-state index is 12.3. The lowest BCUT2D eigenvalue weighted by Gasteiger charge is -2.25. The zero-order valence-corrected chi connectivity index (χ0v) is 13.6. The summed E-state index contributed by atoms with van der Waals surface area (Å²) in [6.45, 7) is 4.38. The zero-order chi connectivity index (χ0) is 14.8. The Kier molecular flexibility index (Phi) is 5.10. The SMILES string of the molecule is Cc1ccc(S(=O)(=O)NCC2CCCC(Cl)C2)cc1C. The van der Waals surface area contributed by atoms with Crippen molar-refractivity contribution in [2.24, 2.45) is 5.92 Å². The first-order valence-corrected chi connectivity index (χ1v) is 9.01. The molecule has 2 unspecified atom stereocenters. The van der Waals surface area contributed by atoms with Gasteiger partial charge in [0.05, 0.1) is 4.90 Å². The lowest BCUT2D eigenvalue weighted by Crippen LogP contribution is -2.32. The molecule has 0 saturated heterocycles. The Balaban J connectivity index is 2.01. The van der Waals surface area contributed by atoms with E-state index in [4.69, 9.17) is 11.6 Å². The molecule has 0 radical (unpaired) electrons. The standard InChI is InChI=1S/C15H22ClNO2S/c1-11-6-7-15(8-12(11)2)20(18,19)17-10-13-4-3-5-14(16)9-13/h6-8,13-14,17H,3-5,9-10H2,1-2H3. The molecule has 1 aliphatic carbocycles. The maximum atomic E-state index is 12.3.